The number of rotatable bonds is 4. The van der Waals surface area contributed by atoms with Crippen LogP contribution in [0.4, 0.5) is 0 Å². The lowest BCUT2D eigenvalue weighted by Gasteiger charge is -2.23. The van der Waals surface area contributed by atoms with Crippen LogP contribution in [0.3, 0.4) is 0 Å². The van der Waals surface area contributed by atoms with Crippen molar-refractivity contribution in [1.82, 2.24) is 5.32 Å². The summed E-state index contributed by atoms with van der Waals surface area (Å²) in [5.41, 5.74) is 0.860. The van der Waals surface area contributed by atoms with Crippen molar-refractivity contribution in [2.24, 2.45) is 11.8 Å². The van der Waals surface area contributed by atoms with E-state index >= 15 is 0 Å². The van der Waals surface area contributed by atoms with E-state index in [2.05, 4.69) is 5.32 Å². The number of ether oxygens (including phenoxy) is 3. The van der Waals surface area contributed by atoms with E-state index in [0.717, 1.165) is 5.56 Å². The van der Waals surface area contributed by atoms with Crippen LogP contribution in [-0.4, -0.2) is 36.0 Å². The van der Waals surface area contributed by atoms with E-state index in [1.807, 2.05) is 19.1 Å². The number of hydrogen-bond acceptors (Lipinski definition) is 5. The fourth-order valence-corrected chi connectivity index (χ4v) is 3.49. The molecular weight excluding hydrogens is 314 g/mol. The van der Waals surface area contributed by atoms with Gasteiger partial charge in [-0.15, -0.1) is 0 Å². The highest BCUT2D eigenvalue weighted by atomic mass is 16.7. The van der Waals surface area contributed by atoms with Crippen LogP contribution in [0.25, 0.3) is 0 Å². The van der Waals surface area contributed by atoms with Crippen molar-refractivity contribution in [1.29, 1.82) is 0 Å². The molecule has 1 saturated heterocycles. The number of benzene rings is 1. The third kappa shape index (κ3) is 2.32. The molecule has 7 heteroatoms. The molecule has 1 aromatic rings. The molecule has 4 rings (SSSR count). The zero-order chi connectivity index (χ0) is 16.8. The van der Waals surface area contributed by atoms with Crippen LogP contribution in [0.15, 0.2) is 30.4 Å². The number of aliphatic carboxylic acids is 1. The highest BCUT2D eigenvalue weighted by molar-refractivity contribution is 5.87. The summed E-state index contributed by atoms with van der Waals surface area (Å²) in [7, 11) is 0. The molecule has 3 aliphatic heterocycles. The number of nitrogens with one attached hydrogen (secondary N) is 1. The first-order valence-electron chi connectivity index (χ1n) is 7.81. The summed E-state index contributed by atoms with van der Waals surface area (Å²) in [4.78, 5) is 24.1. The Hall–Kier alpha value is -2.54. The highest BCUT2D eigenvalue weighted by Gasteiger charge is 2.53. The van der Waals surface area contributed by atoms with E-state index in [1.54, 1.807) is 18.2 Å². The molecule has 3 heterocycles. The average Bonchev–Trinajstić information content (AvgIpc) is 3.28. The molecule has 1 amide bonds. The fraction of sp³-hybridized carbons (Fsp3) is 0.412. The third-order valence-corrected chi connectivity index (χ3v) is 4.74. The van der Waals surface area contributed by atoms with Gasteiger partial charge in [-0.1, -0.05) is 18.2 Å². The van der Waals surface area contributed by atoms with E-state index in [-0.39, 0.29) is 18.7 Å². The fourth-order valence-electron chi connectivity index (χ4n) is 3.49. The van der Waals surface area contributed by atoms with Crippen molar-refractivity contribution in [3.63, 3.8) is 0 Å². The second-order valence-corrected chi connectivity index (χ2v) is 6.18. The van der Waals surface area contributed by atoms with Gasteiger partial charge in [0, 0.05) is 0 Å². The minimum atomic E-state index is -1.01. The van der Waals surface area contributed by atoms with E-state index in [0.29, 0.717) is 11.5 Å². The zero-order valence-electron chi connectivity index (χ0n) is 13.0. The first kappa shape index (κ1) is 15.0. The minimum Gasteiger partial charge on any atom is -0.481 e. The second-order valence-electron chi connectivity index (χ2n) is 6.18. The van der Waals surface area contributed by atoms with Gasteiger partial charge in [-0.05, 0) is 24.6 Å². The molecule has 2 bridgehead atoms. The summed E-state index contributed by atoms with van der Waals surface area (Å²) >= 11 is 0. The standard InChI is InChI=1S/C17H17NO6/c1-8(9-2-3-10-13(6-9)23-7-22-10)18-16(19)14-11-4-5-12(24-11)15(14)17(20)21/h2-6,8,11-12,14-15H,7H2,1H3,(H,18,19)(H,20,21)/t8-,11-,12-,14+,15-/m0/s1. The third-order valence-electron chi connectivity index (χ3n) is 4.74. The maximum atomic E-state index is 12.6. The Bertz CT molecular complexity index is 730. The largest absolute Gasteiger partial charge is 0.481 e. The molecular formula is C17H17NO6. The molecule has 126 valence electrons. The van der Waals surface area contributed by atoms with Crippen LogP contribution in [-0.2, 0) is 14.3 Å². The van der Waals surface area contributed by atoms with Gasteiger partial charge in [-0.3, -0.25) is 9.59 Å². The Labute approximate surface area is 138 Å². The smallest absolute Gasteiger partial charge is 0.310 e. The Morgan fingerprint density at radius 3 is 2.62 bits per heavy atom. The van der Waals surface area contributed by atoms with Gasteiger partial charge >= 0.3 is 5.97 Å². The Balaban J connectivity index is 1.49. The molecule has 0 unspecified atom stereocenters. The number of carboxylic acids is 1. The van der Waals surface area contributed by atoms with E-state index in [4.69, 9.17) is 14.2 Å². The summed E-state index contributed by atoms with van der Waals surface area (Å²) in [6.45, 7) is 2.03. The van der Waals surface area contributed by atoms with Gasteiger partial charge in [0.25, 0.3) is 0 Å². The molecule has 2 N–H and O–H groups in total. The molecule has 0 aliphatic carbocycles. The molecule has 5 atom stereocenters. The number of carbonyl (C=O) groups is 2. The van der Waals surface area contributed by atoms with Gasteiger partial charge < -0.3 is 24.6 Å². The summed E-state index contributed by atoms with van der Waals surface area (Å²) in [5, 5.41) is 12.3. The molecule has 24 heavy (non-hydrogen) atoms. The van der Waals surface area contributed by atoms with Crippen molar-refractivity contribution >= 4 is 11.9 Å². The normalized spacial score (nSPS) is 30.4. The first-order chi connectivity index (χ1) is 11.5. The summed E-state index contributed by atoms with van der Waals surface area (Å²) in [5.74, 6) is -1.57. The lowest BCUT2D eigenvalue weighted by molar-refractivity contribution is -0.146. The van der Waals surface area contributed by atoms with Gasteiger partial charge in [-0.25, -0.2) is 0 Å². The van der Waals surface area contributed by atoms with Gasteiger partial charge in [0.05, 0.1) is 24.2 Å². The van der Waals surface area contributed by atoms with Crippen LogP contribution in [0, 0.1) is 11.8 Å². The van der Waals surface area contributed by atoms with Gasteiger partial charge in [-0.2, -0.15) is 0 Å². The van der Waals surface area contributed by atoms with Crippen LogP contribution in [0.2, 0.25) is 0 Å². The monoisotopic (exact) mass is 331 g/mol. The topological polar surface area (TPSA) is 94.1 Å². The molecule has 0 spiro atoms. The van der Waals surface area contributed by atoms with Crippen molar-refractivity contribution in [3.8, 4) is 11.5 Å². The zero-order valence-corrected chi connectivity index (χ0v) is 13.0. The van der Waals surface area contributed by atoms with Crippen molar-refractivity contribution in [2.45, 2.75) is 25.2 Å². The molecule has 3 aliphatic rings. The summed E-state index contributed by atoms with van der Waals surface area (Å²) in [6.07, 6.45) is 2.48. The van der Waals surface area contributed by atoms with Crippen LogP contribution < -0.4 is 14.8 Å². The highest BCUT2D eigenvalue weighted by Crippen LogP contribution is 2.40. The van der Waals surface area contributed by atoms with E-state index < -0.39 is 30.0 Å². The van der Waals surface area contributed by atoms with Gasteiger partial charge in [0.2, 0.25) is 12.7 Å². The quantitative estimate of drug-likeness (QED) is 0.807. The lowest BCUT2D eigenvalue weighted by atomic mass is 9.82. The van der Waals surface area contributed by atoms with Gasteiger partial charge in [0.1, 0.15) is 5.92 Å². The Morgan fingerprint density at radius 2 is 1.88 bits per heavy atom. The number of fused-ring (bicyclic) bond motifs is 3. The molecule has 0 saturated carbocycles. The SMILES string of the molecule is C[C@H](NC(=O)[C@H]1[C@@H](C(=O)O)[C@@H]2C=C[C@@H]1O2)c1ccc2c(c1)OCO2. The number of amides is 1. The predicted molar refractivity (Wildman–Crippen MR) is 81.5 cm³/mol. The van der Waals surface area contributed by atoms with Crippen LogP contribution in [0.5, 0.6) is 11.5 Å². The second kappa shape index (κ2) is 5.52. The first-order valence-corrected chi connectivity index (χ1v) is 7.81. The lowest BCUT2D eigenvalue weighted by Crippen LogP contribution is -2.43. The predicted octanol–water partition coefficient (Wildman–Crippen LogP) is 1.25. The van der Waals surface area contributed by atoms with E-state index in [1.165, 1.54) is 0 Å². The van der Waals surface area contributed by atoms with Crippen LogP contribution >= 0.6 is 0 Å². The number of hydrogen-bond donors (Lipinski definition) is 2. The molecule has 0 aromatic heterocycles. The summed E-state index contributed by atoms with van der Waals surface area (Å²) < 4.78 is 16.1. The van der Waals surface area contributed by atoms with Crippen LogP contribution in [0.1, 0.15) is 18.5 Å². The van der Waals surface area contributed by atoms with Crippen molar-refractivity contribution < 1.29 is 28.9 Å². The molecule has 1 aromatic carbocycles. The maximum absolute atomic E-state index is 12.6. The minimum absolute atomic E-state index is 0.189. The molecule has 0 radical (unpaired) electrons. The van der Waals surface area contributed by atoms with Crippen molar-refractivity contribution in [2.75, 3.05) is 6.79 Å². The summed E-state index contributed by atoms with van der Waals surface area (Å²) in [6, 6.07) is 5.18. The number of carboxylic acid groups (broad SMARTS) is 1. The van der Waals surface area contributed by atoms with E-state index in [9.17, 15) is 14.7 Å². The van der Waals surface area contributed by atoms with Crippen molar-refractivity contribution in [3.05, 3.63) is 35.9 Å². The Morgan fingerprint density at radius 1 is 1.17 bits per heavy atom. The Kier molecular flexibility index (Phi) is 3.45. The molecule has 7 nitrogen and oxygen atoms in total. The average molecular weight is 331 g/mol. The number of carbonyl (C=O) groups excluding carboxylic acids is 1. The maximum Gasteiger partial charge on any atom is 0.310 e. The van der Waals surface area contributed by atoms with Gasteiger partial charge in [0.15, 0.2) is 11.5 Å². The molecule has 1 fully saturated rings.